The van der Waals surface area contributed by atoms with Crippen molar-refractivity contribution in [1.82, 2.24) is 10.6 Å². The largest absolute Gasteiger partial charge is 0.331 e. The van der Waals surface area contributed by atoms with Crippen LogP contribution in [-0.4, -0.2) is 31.1 Å². The zero-order valence-corrected chi connectivity index (χ0v) is 19.3. The van der Waals surface area contributed by atoms with E-state index >= 15 is 0 Å². The Kier molecular flexibility index (Phi) is 6.72. The summed E-state index contributed by atoms with van der Waals surface area (Å²) >= 11 is 0. The van der Waals surface area contributed by atoms with Crippen LogP contribution in [0.5, 0.6) is 0 Å². The Labute approximate surface area is 201 Å². The molecule has 174 valence electrons. The topological polar surface area (TPSA) is 61.4 Å². The molecule has 2 unspecified atom stereocenters. The van der Waals surface area contributed by atoms with Crippen LogP contribution in [0.15, 0.2) is 84.9 Å². The van der Waals surface area contributed by atoms with Crippen LogP contribution in [0.25, 0.3) is 0 Å². The Balaban J connectivity index is 1.55. The molecule has 0 radical (unpaired) electrons. The Morgan fingerprint density at radius 1 is 0.765 bits per heavy atom. The molecule has 34 heavy (non-hydrogen) atoms. The lowest BCUT2D eigenvalue weighted by atomic mass is 9.79. The number of benzene rings is 3. The molecule has 0 spiro atoms. The van der Waals surface area contributed by atoms with Crippen LogP contribution in [0.2, 0.25) is 0 Å². The first-order chi connectivity index (χ1) is 16.7. The van der Waals surface area contributed by atoms with E-state index in [0.717, 1.165) is 44.5 Å². The predicted molar refractivity (Wildman–Crippen MR) is 135 cm³/mol. The van der Waals surface area contributed by atoms with Crippen LogP contribution < -0.4 is 15.5 Å². The standard InChI is InChI=1S/C29H31N3O2/c33-28(22-9-3-1-4-10-22)31-27-20-25(21-15-17-30-18-16-21)19-24-13-7-8-14-26(24)32(27)29(34)23-11-5-2-6-12-23/h1-14,21,25,27,30H,15-20H2,(H,31,33). The van der Waals surface area contributed by atoms with E-state index in [1.807, 2.05) is 83.8 Å². The fourth-order valence-corrected chi connectivity index (χ4v) is 5.44. The summed E-state index contributed by atoms with van der Waals surface area (Å²) in [6.45, 7) is 2.05. The van der Waals surface area contributed by atoms with E-state index in [2.05, 4.69) is 16.7 Å². The third-order valence-corrected chi connectivity index (χ3v) is 7.19. The number of para-hydroxylation sites is 1. The van der Waals surface area contributed by atoms with Crippen molar-refractivity contribution in [3.05, 3.63) is 102 Å². The van der Waals surface area contributed by atoms with Crippen LogP contribution in [0, 0.1) is 11.8 Å². The number of amides is 2. The Morgan fingerprint density at radius 2 is 1.38 bits per heavy atom. The first-order valence-electron chi connectivity index (χ1n) is 12.2. The second-order valence-electron chi connectivity index (χ2n) is 9.31. The van der Waals surface area contributed by atoms with E-state index in [4.69, 9.17) is 0 Å². The SMILES string of the molecule is O=C(NC1CC(C2CCNCC2)Cc2ccccc2N1C(=O)c1ccccc1)c1ccccc1. The van der Waals surface area contributed by atoms with Gasteiger partial charge in [0.25, 0.3) is 11.8 Å². The van der Waals surface area contributed by atoms with E-state index in [-0.39, 0.29) is 11.8 Å². The summed E-state index contributed by atoms with van der Waals surface area (Å²) < 4.78 is 0. The summed E-state index contributed by atoms with van der Waals surface area (Å²) in [6, 6.07) is 26.8. The molecule has 5 nitrogen and oxygen atoms in total. The summed E-state index contributed by atoms with van der Waals surface area (Å²) in [5.74, 6) is 0.715. The van der Waals surface area contributed by atoms with Crippen LogP contribution >= 0.6 is 0 Å². The maximum Gasteiger partial charge on any atom is 0.259 e. The molecule has 0 aromatic heterocycles. The van der Waals surface area contributed by atoms with Gasteiger partial charge in [0.1, 0.15) is 6.17 Å². The van der Waals surface area contributed by atoms with E-state index in [1.165, 1.54) is 5.56 Å². The Bertz CT molecular complexity index is 1130. The molecule has 2 amide bonds. The maximum atomic E-state index is 13.9. The van der Waals surface area contributed by atoms with Gasteiger partial charge in [-0.05, 0) is 86.5 Å². The van der Waals surface area contributed by atoms with Crippen LogP contribution in [0.1, 0.15) is 45.5 Å². The zero-order chi connectivity index (χ0) is 23.3. The Hall–Kier alpha value is -3.44. The summed E-state index contributed by atoms with van der Waals surface area (Å²) in [5, 5.41) is 6.70. The van der Waals surface area contributed by atoms with E-state index in [1.54, 1.807) is 0 Å². The molecule has 0 aliphatic carbocycles. The molecular formula is C29H31N3O2. The lowest BCUT2D eigenvalue weighted by Crippen LogP contribution is -2.52. The number of rotatable bonds is 4. The van der Waals surface area contributed by atoms with Crippen LogP contribution in [0.3, 0.4) is 0 Å². The van der Waals surface area contributed by atoms with Gasteiger partial charge in [-0.1, -0.05) is 54.6 Å². The van der Waals surface area contributed by atoms with E-state index in [9.17, 15) is 9.59 Å². The average molecular weight is 454 g/mol. The molecule has 3 aromatic carbocycles. The number of nitrogens with one attached hydrogen (secondary N) is 2. The van der Waals surface area contributed by atoms with Gasteiger partial charge in [0, 0.05) is 16.8 Å². The highest BCUT2D eigenvalue weighted by Gasteiger charge is 2.37. The highest BCUT2D eigenvalue weighted by atomic mass is 16.2. The minimum atomic E-state index is -0.427. The van der Waals surface area contributed by atoms with Crippen molar-refractivity contribution < 1.29 is 9.59 Å². The fraction of sp³-hybridized carbons (Fsp3) is 0.310. The van der Waals surface area contributed by atoms with Gasteiger partial charge < -0.3 is 10.6 Å². The highest BCUT2D eigenvalue weighted by Crippen LogP contribution is 2.38. The quantitative estimate of drug-likeness (QED) is 0.604. The van der Waals surface area contributed by atoms with Crippen molar-refractivity contribution in [2.45, 2.75) is 31.8 Å². The Morgan fingerprint density at radius 3 is 2.09 bits per heavy atom. The summed E-state index contributed by atoms with van der Waals surface area (Å²) in [5.41, 5.74) is 3.29. The molecule has 5 rings (SSSR count). The first kappa shape index (κ1) is 22.4. The van der Waals surface area contributed by atoms with E-state index < -0.39 is 6.17 Å². The van der Waals surface area contributed by atoms with Gasteiger partial charge in [0.05, 0.1) is 0 Å². The van der Waals surface area contributed by atoms with E-state index in [0.29, 0.717) is 23.0 Å². The number of hydrogen-bond acceptors (Lipinski definition) is 3. The second kappa shape index (κ2) is 10.2. The second-order valence-corrected chi connectivity index (χ2v) is 9.31. The molecular weight excluding hydrogens is 422 g/mol. The van der Waals surface area contributed by atoms with Crippen molar-refractivity contribution in [2.24, 2.45) is 11.8 Å². The zero-order valence-electron chi connectivity index (χ0n) is 19.3. The third-order valence-electron chi connectivity index (χ3n) is 7.19. The first-order valence-corrected chi connectivity index (χ1v) is 12.2. The van der Waals surface area contributed by atoms with Crippen LogP contribution in [0.4, 0.5) is 5.69 Å². The lowest BCUT2D eigenvalue weighted by Gasteiger charge is -2.35. The minimum Gasteiger partial charge on any atom is -0.331 e. The van der Waals surface area contributed by atoms with Gasteiger partial charge in [0.15, 0.2) is 0 Å². The van der Waals surface area contributed by atoms with Gasteiger partial charge in [0.2, 0.25) is 0 Å². The monoisotopic (exact) mass is 453 g/mol. The average Bonchev–Trinajstić information content (AvgIpc) is 3.06. The highest BCUT2D eigenvalue weighted by molar-refractivity contribution is 6.07. The number of hydrogen-bond donors (Lipinski definition) is 2. The number of anilines is 1. The van der Waals surface area contributed by atoms with Gasteiger partial charge in [-0.25, -0.2) is 0 Å². The summed E-state index contributed by atoms with van der Waals surface area (Å²) in [4.78, 5) is 29.0. The molecule has 2 aliphatic heterocycles. The predicted octanol–water partition coefficient (Wildman–Crippen LogP) is 4.65. The van der Waals surface area contributed by atoms with Gasteiger partial charge in [-0.3, -0.25) is 14.5 Å². The number of fused-ring (bicyclic) bond motifs is 1. The summed E-state index contributed by atoms with van der Waals surface area (Å²) in [6.07, 6.45) is 3.47. The maximum absolute atomic E-state index is 13.9. The number of nitrogens with zero attached hydrogens (tertiary/aromatic N) is 1. The molecule has 5 heteroatoms. The van der Waals surface area contributed by atoms with Crippen molar-refractivity contribution in [2.75, 3.05) is 18.0 Å². The molecule has 0 saturated carbocycles. The lowest BCUT2D eigenvalue weighted by molar-refractivity contribution is 0.0900. The molecule has 3 aromatic rings. The molecule has 1 fully saturated rings. The van der Waals surface area contributed by atoms with Gasteiger partial charge >= 0.3 is 0 Å². The summed E-state index contributed by atoms with van der Waals surface area (Å²) in [7, 11) is 0. The fourth-order valence-electron chi connectivity index (χ4n) is 5.44. The number of carbonyl (C=O) groups excluding carboxylic acids is 2. The van der Waals surface area contributed by atoms with Crippen molar-refractivity contribution in [3.8, 4) is 0 Å². The molecule has 2 atom stereocenters. The van der Waals surface area contributed by atoms with Crippen molar-refractivity contribution in [1.29, 1.82) is 0 Å². The number of piperidine rings is 1. The smallest absolute Gasteiger partial charge is 0.259 e. The van der Waals surface area contributed by atoms with Gasteiger partial charge in [-0.2, -0.15) is 0 Å². The van der Waals surface area contributed by atoms with Gasteiger partial charge in [-0.15, -0.1) is 0 Å². The molecule has 2 aliphatic rings. The van der Waals surface area contributed by atoms with Crippen LogP contribution in [-0.2, 0) is 6.42 Å². The molecule has 0 bridgehead atoms. The molecule has 2 heterocycles. The minimum absolute atomic E-state index is 0.0858. The molecule has 1 saturated heterocycles. The number of carbonyl (C=O) groups is 2. The normalized spacial score (nSPS) is 20.8. The third kappa shape index (κ3) is 4.75. The van der Waals surface area contributed by atoms with Crippen molar-refractivity contribution >= 4 is 17.5 Å². The molecule has 2 N–H and O–H groups in total. The van der Waals surface area contributed by atoms with Crippen molar-refractivity contribution in [3.63, 3.8) is 0 Å².